The van der Waals surface area contributed by atoms with Gasteiger partial charge < -0.3 is 4.84 Å². The molecule has 0 aromatic heterocycles. The van der Waals surface area contributed by atoms with Gasteiger partial charge in [0, 0.05) is 11.5 Å². The minimum absolute atomic E-state index is 0.484. The van der Waals surface area contributed by atoms with Crippen LogP contribution in [0.2, 0.25) is 0 Å². The maximum absolute atomic E-state index is 4.84. The molecule has 0 amide bonds. The highest BCUT2D eigenvalue weighted by molar-refractivity contribution is 6.05. The Balaban J connectivity index is 2.46. The third kappa shape index (κ3) is 1.32. The van der Waals surface area contributed by atoms with Crippen LogP contribution in [0, 0.1) is 5.92 Å². The second-order valence-corrected chi connectivity index (χ2v) is 3.42. The van der Waals surface area contributed by atoms with Gasteiger partial charge in [0.15, 0.2) is 0 Å². The van der Waals surface area contributed by atoms with E-state index < -0.39 is 0 Å². The van der Waals surface area contributed by atoms with E-state index in [1.807, 2.05) is 6.07 Å². The third-order valence-corrected chi connectivity index (χ3v) is 2.48. The van der Waals surface area contributed by atoms with Crippen molar-refractivity contribution in [3.8, 4) is 0 Å². The van der Waals surface area contributed by atoms with E-state index in [4.69, 9.17) is 4.84 Å². The molecule has 0 radical (unpaired) electrons. The Hall–Kier alpha value is -1.31. The average Bonchev–Trinajstić information content (AvgIpc) is 2.44. The average molecular weight is 175 g/mol. The Morgan fingerprint density at radius 2 is 2.15 bits per heavy atom. The lowest BCUT2D eigenvalue weighted by Crippen LogP contribution is -2.05. The molecule has 1 aliphatic carbocycles. The van der Waals surface area contributed by atoms with Crippen LogP contribution in [-0.2, 0) is 11.3 Å². The molecule has 2 rings (SSSR count). The fourth-order valence-electron chi connectivity index (χ4n) is 1.88. The number of oxime groups is 1. The first-order valence-corrected chi connectivity index (χ1v) is 4.52. The maximum Gasteiger partial charge on any atom is 0.106 e. The number of hydrogen-bond donors (Lipinski definition) is 0. The Kier molecular flexibility index (Phi) is 2.05. The summed E-state index contributed by atoms with van der Waals surface area (Å²) < 4.78 is 0. The lowest BCUT2D eigenvalue weighted by atomic mass is 10.1. The zero-order valence-electron chi connectivity index (χ0n) is 7.95. The van der Waals surface area contributed by atoms with Gasteiger partial charge in [0.25, 0.3) is 0 Å². The van der Waals surface area contributed by atoms with Crippen LogP contribution in [0.15, 0.2) is 29.4 Å². The van der Waals surface area contributed by atoms with Gasteiger partial charge in [-0.1, -0.05) is 36.3 Å². The second-order valence-electron chi connectivity index (χ2n) is 3.42. The number of hydrogen-bond acceptors (Lipinski definition) is 2. The zero-order valence-corrected chi connectivity index (χ0v) is 7.95. The summed E-state index contributed by atoms with van der Waals surface area (Å²) in [7, 11) is 1.60. The highest BCUT2D eigenvalue weighted by Gasteiger charge is 2.24. The van der Waals surface area contributed by atoms with Crippen LogP contribution in [0.5, 0.6) is 0 Å². The van der Waals surface area contributed by atoms with Crippen molar-refractivity contribution in [1.29, 1.82) is 0 Å². The molecule has 1 aromatic rings. The maximum atomic E-state index is 4.84. The first-order chi connectivity index (χ1) is 6.33. The molecule has 1 aromatic carbocycles. The van der Waals surface area contributed by atoms with Gasteiger partial charge in [-0.05, 0) is 12.0 Å². The molecule has 1 aliphatic rings. The van der Waals surface area contributed by atoms with E-state index in [0.29, 0.717) is 5.92 Å². The van der Waals surface area contributed by atoms with Crippen molar-refractivity contribution in [2.24, 2.45) is 11.1 Å². The summed E-state index contributed by atoms with van der Waals surface area (Å²) >= 11 is 0. The van der Waals surface area contributed by atoms with Gasteiger partial charge in [-0.15, -0.1) is 0 Å². The lowest BCUT2D eigenvalue weighted by Gasteiger charge is -2.01. The molecule has 0 fully saturated rings. The quantitative estimate of drug-likeness (QED) is 0.600. The third-order valence-electron chi connectivity index (χ3n) is 2.48. The molecule has 13 heavy (non-hydrogen) atoms. The largest absolute Gasteiger partial charge is 0.399 e. The van der Waals surface area contributed by atoms with Gasteiger partial charge in [0.1, 0.15) is 7.11 Å². The fourth-order valence-corrected chi connectivity index (χ4v) is 1.88. The predicted molar refractivity (Wildman–Crippen MR) is 52.9 cm³/mol. The Morgan fingerprint density at radius 1 is 1.38 bits per heavy atom. The van der Waals surface area contributed by atoms with E-state index >= 15 is 0 Å². The summed E-state index contributed by atoms with van der Waals surface area (Å²) in [4.78, 5) is 4.84. The number of rotatable bonds is 1. The van der Waals surface area contributed by atoms with Crippen LogP contribution in [-0.4, -0.2) is 12.8 Å². The van der Waals surface area contributed by atoms with Gasteiger partial charge in [-0.2, -0.15) is 0 Å². The second kappa shape index (κ2) is 3.21. The smallest absolute Gasteiger partial charge is 0.106 e. The molecular weight excluding hydrogens is 162 g/mol. The first kappa shape index (κ1) is 8.30. The van der Waals surface area contributed by atoms with Crippen LogP contribution in [0.1, 0.15) is 18.1 Å². The standard InChI is InChI=1S/C11H13NO/c1-8-7-9-5-3-4-6-10(9)11(8)12-13-2/h3-6,8H,7H2,1-2H3/b12-11+. The van der Waals surface area contributed by atoms with Crippen LogP contribution >= 0.6 is 0 Å². The SMILES string of the molecule is CO/N=C1/c2ccccc2CC1C. The molecule has 0 saturated heterocycles. The van der Waals surface area contributed by atoms with E-state index in [2.05, 4.69) is 30.3 Å². The van der Waals surface area contributed by atoms with Crippen molar-refractivity contribution in [3.63, 3.8) is 0 Å². The Bertz CT molecular complexity index is 344. The van der Waals surface area contributed by atoms with E-state index in [-0.39, 0.29) is 0 Å². The van der Waals surface area contributed by atoms with E-state index in [1.54, 1.807) is 7.11 Å². The molecule has 2 heteroatoms. The molecule has 0 saturated carbocycles. The van der Waals surface area contributed by atoms with Crippen LogP contribution < -0.4 is 0 Å². The number of fused-ring (bicyclic) bond motifs is 1. The first-order valence-electron chi connectivity index (χ1n) is 4.52. The van der Waals surface area contributed by atoms with Crippen molar-refractivity contribution >= 4 is 5.71 Å². The number of benzene rings is 1. The van der Waals surface area contributed by atoms with Gasteiger partial charge in [-0.3, -0.25) is 0 Å². The van der Waals surface area contributed by atoms with Crippen molar-refractivity contribution in [2.75, 3.05) is 7.11 Å². The molecule has 0 aliphatic heterocycles. The molecule has 0 heterocycles. The van der Waals surface area contributed by atoms with Crippen molar-refractivity contribution in [2.45, 2.75) is 13.3 Å². The molecular formula is C11H13NO. The van der Waals surface area contributed by atoms with E-state index in [9.17, 15) is 0 Å². The molecule has 1 unspecified atom stereocenters. The summed E-state index contributed by atoms with van der Waals surface area (Å²) in [6.07, 6.45) is 1.08. The van der Waals surface area contributed by atoms with E-state index in [0.717, 1.165) is 12.1 Å². The van der Waals surface area contributed by atoms with Crippen molar-refractivity contribution in [3.05, 3.63) is 35.4 Å². The van der Waals surface area contributed by atoms with Gasteiger partial charge in [0.2, 0.25) is 0 Å². The van der Waals surface area contributed by atoms with Crippen molar-refractivity contribution in [1.82, 2.24) is 0 Å². The highest BCUT2D eigenvalue weighted by atomic mass is 16.6. The van der Waals surface area contributed by atoms with Crippen LogP contribution in [0.25, 0.3) is 0 Å². The topological polar surface area (TPSA) is 21.6 Å². The lowest BCUT2D eigenvalue weighted by molar-refractivity contribution is 0.212. The fraction of sp³-hybridized carbons (Fsp3) is 0.364. The number of nitrogens with zero attached hydrogens (tertiary/aromatic N) is 1. The molecule has 0 bridgehead atoms. The molecule has 1 atom stereocenters. The normalized spacial score (nSPS) is 23.2. The minimum Gasteiger partial charge on any atom is -0.399 e. The Morgan fingerprint density at radius 3 is 2.92 bits per heavy atom. The summed E-state index contributed by atoms with van der Waals surface area (Å²) in [5.41, 5.74) is 3.71. The van der Waals surface area contributed by atoms with Gasteiger partial charge in [0.05, 0.1) is 5.71 Å². The molecule has 68 valence electrons. The molecule has 0 N–H and O–H groups in total. The van der Waals surface area contributed by atoms with Crippen LogP contribution in [0.4, 0.5) is 0 Å². The summed E-state index contributed by atoms with van der Waals surface area (Å²) in [5.74, 6) is 0.484. The minimum atomic E-state index is 0.484. The monoisotopic (exact) mass is 175 g/mol. The summed E-state index contributed by atoms with van der Waals surface area (Å²) in [5, 5.41) is 4.06. The van der Waals surface area contributed by atoms with Gasteiger partial charge in [-0.25, -0.2) is 0 Å². The zero-order chi connectivity index (χ0) is 9.26. The highest BCUT2D eigenvalue weighted by Crippen LogP contribution is 2.26. The molecule has 2 nitrogen and oxygen atoms in total. The van der Waals surface area contributed by atoms with E-state index in [1.165, 1.54) is 11.1 Å². The molecule has 0 spiro atoms. The Labute approximate surface area is 78.2 Å². The summed E-state index contributed by atoms with van der Waals surface area (Å²) in [6.45, 7) is 2.18. The van der Waals surface area contributed by atoms with Crippen molar-refractivity contribution < 1.29 is 4.84 Å². The van der Waals surface area contributed by atoms with Gasteiger partial charge >= 0.3 is 0 Å². The predicted octanol–water partition coefficient (Wildman–Crippen LogP) is 2.23. The van der Waals surface area contributed by atoms with Crippen LogP contribution in [0.3, 0.4) is 0 Å². The summed E-state index contributed by atoms with van der Waals surface area (Å²) in [6, 6.07) is 8.38.